The highest BCUT2D eigenvalue weighted by Crippen LogP contribution is 2.41. The standard InChI is InChI=1S/C43H40N6O11/c1-26(50)57-25-34-36(58-27(2)51)37(59-28(3)52)40(60-34)48-38-35(44-42(48)53)39(56-24-23-29-19-21-33(22-20-29)49(54)55)46-41(45-38)47-43(30-13-7-4-8-14-30,31-15-9-5-10-16-31)32-17-11-6-12-18-32/h4-22,34,36-37,40H,23-25H2,1-3H3,(H,44,53)(H,45,46,47)/t34-,36-,37-,40-/m1/s1. The summed E-state index contributed by atoms with van der Waals surface area (Å²) < 4.78 is 30.1. The summed E-state index contributed by atoms with van der Waals surface area (Å²) in [7, 11) is 0. The molecule has 4 atom stereocenters. The van der Waals surface area contributed by atoms with Gasteiger partial charge in [-0.15, -0.1) is 0 Å². The van der Waals surface area contributed by atoms with E-state index in [4.69, 9.17) is 33.7 Å². The molecule has 17 heteroatoms. The molecule has 0 aliphatic carbocycles. The Morgan fingerprint density at radius 3 is 1.87 bits per heavy atom. The van der Waals surface area contributed by atoms with Crippen LogP contribution in [0.2, 0.25) is 0 Å². The van der Waals surface area contributed by atoms with Crippen LogP contribution in [0.15, 0.2) is 120 Å². The van der Waals surface area contributed by atoms with Gasteiger partial charge in [0, 0.05) is 39.3 Å². The van der Waals surface area contributed by atoms with E-state index in [2.05, 4.69) is 10.3 Å². The van der Waals surface area contributed by atoms with Crippen LogP contribution in [0.1, 0.15) is 49.3 Å². The second-order valence-corrected chi connectivity index (χ2v) is 13.9. The molecular formula is C43H40N6O11. The molecule has 17 nitrogen and oxygen atoms in total. The Bertz CT molecular complexity index is 2450. The number of hydrogen-bond donors (Lipinski definition) is 2. The second kappa shape index (κ2) is 17.6. The molecule has 0 spiro atoms. The number of nitrogens with one attached hydrogen (secondary N) is 2. The number of carbonyl (C=O) groups excluding carboxylic acids is 3. The Hall–Kier alpha value is -7.40. The van der Waals surface area contributed by atoms with Crippen LogP contribution >= 0.6 is 0 Å². The summed E-state index contributed by atoms with van der Waals surface area (Å²) in [4.78, 5) is 74.1. The van der Waals surface area contributed by atoms with Gasteiger partial charge < -0.3 is 29.0 Å². The number of nitro benzene ring substituents is 1. The first-order chi connectivity index (χ1) is 28.9. The normalized spacial score (nSPS) is 17.4. The number of rotatable bonds is 15. The van der Waals surface area contributed by atoms with Crippen LogP contribution < -0.4 is 15.7 Å². The number of fused-ring (bicyclic) bond motifs is 1. The summed E-state index contributed by atoms with van der Waals surface area (Å²) in [5.74, 6) is -2.19. The Labute approximate surface area is 342 Å². The summed E-state index contributed by atoms with van der Waals surface area (Å²) in [6.07, 6.45) is -5.02. The minimum atomic E-state index is -1.46. The molecule has 0 unspecified atom stereocenters. The Balaban J connectivity index is 1.40. The lowest BCUT2D eigenvalue weighted by molar-refractivity contribution is -0.384. The number of benzene rings is 4. The number of aromatic nitrogens is 4. The first-order valence-corrected chi connectivity index (χ1v) is 18.9. The number of nitrogens with zero attached hydrogens (tertiary/aromatic N) is 4. The number of carbonyl (C=O) groups is 3. The highest BCUT2D eigenvalue weighted by molar-refractivity contribution is 5.78. The maximum atomic E-state index is 14.1. The average Bonchev–Trinajstić information content (AvgIpc) is 3.74. The molecule has 1 aliphatic rings. The number of ether oxygens (including phenoxy) is 5. The van der Waals surface area contributed by atoms with Gasteiger partial charge in [-0.1, -0.05) is 103 Å². The lowest BCUT2D eigenvalue weighted by atomic mass is 9.77. The Morgan fingerprint density at radius 2 is 1.35 bits per heavy atom. The fraction of sp³-hybridized carbons (Fsp3) is 0.256. The van der Waals surface area contributed by atoms with Crippen LogP contribution in [0.5, 0.6) is 5.88 Å². The van der Waals surface area contributed by atoms with E-state index >= 15 is 0 Å². The van der Waals surface area contributed by atoms with Crippen LogP contribution in [0.4, 0.5) is 11.6 Å². The van der Waals surface area contributed by atoms with E-state index in [9.17, 15) is 29.3 Å². The van der Waals surface area contributed by atoms with Crippen molar-refractivity contribution >= 4 is 40.7 Å². The third-order valence-electron chi connectivity index (χ3n) is 9.83. The smallest absolute Gasteiger partial charge is 0.330 e. The van der Waals surface area contributed by atoms with Crippen LogP contribution in [-0.4, -0.2) is 73.9 Å². The molecule has 308 valence electrons. The van der Waals surface area contributed by atoms with Gasteiger partial charge in [0.25, 0.3) is 5.69 Å². The van der Waals surface area contributed by atoms with Crippen molar-refractivity contribution in [3.8, 4) is 5.88 Å². The Morgan fingerprint density at radius 1 is 0.800 bits per heavy atom. The highest BCUT2D eigenvalue weighted by Gasteiger charge is 2.52. The molecule has 4 aromatic carbocycles. The molecule has 7 rings (SSSR count). The number of non-ortho nitro benzene ring substituents is 1. The molecule has 1 fully saturated rings. The molecule has 3 heterocycles. The van der Waals surface area contributed by atoms with Crippen molar-refractivity contribution in [3.05, 3.63) is 158 Å². The number of imidazole rings is 1. The first kappa shape index (κ1) is 40.8. The fourth-order valence-corrected chi connectivity index (χ4v) is 7.27. The van der Waals surface area contributed by atoms with Crippen molar-refractivity contribution in [2.24, 2.45) is 0 Å². The average molecular weight is 817 g/mol. The molecule has 1 saturated heterocycles. The zero-order valence-corrected chi connectivity index (χ0v) is 32.7. The van der Waals surface area contributed by atoms with Crippen molar-refractivity contribution in [2.75, 3.05) is 18.5 Å². The minimum absolute atomic E-state index is 0.00665. The second-order valence-electron chi connectivity index (χ2n) is 13.9. The number of hydrogen-bond acceptors (Lipinski definition) is 14. The lowest BCUT2D eigenvalue weighted by Crippen LogP contribution is -2.41. The van der Waals surface area contributed by atoms with Gasteiger partial charge in [-0.3, -0.25) is 29.5 Å². The molecule has 1 aliphatic heterocycles. The topological polar surface area (TPSA) is 216 Å². The molecular weight excluding hydrogens is 777 g/mol. The predicted molar refractivity (Wildman–Crippen MR) is 215 cm³/mol. The van der Waals surface area contributed by atoms with E-state index in [1.54, 1.807) is 12.1 Å². The summed E-state index contributed by atoms with van der Waals surface area (Å²) in [5.41, 5.74) is 1.27. The maximum Gasteiger partial charge on any atom is 0.330 e. The number of esters is 3. The van der Waals surface area contributed by atoms with Crippen molar-refractivity contribution < 1.29 is 43.0 Å². The quantitative estimate of drug-likeness (QED) is 0.0438. The first-order valence-electron chi connectivity index (χ1n) is 18.9. The zero-order chi connectivity index (χ0) is 42.4. The largest absolute Gasteiger partial charge is 0.476 e. The van der Waals surface area contributed by atoms with Crippen molar-refractivity contribution in [2.45, 2.75) is 57.3 Å². The number of anilines is 1. The van der Waals surface area contributed by atoms with Crippen LogP contribution in [0, 0.1) is 10.1 Å². The SMILES string of the molecule is CC(=O)OC[C@H]1O[C@@H](n2c(=O)[nH]c3c(OCCc4ccc([N+](=O)[O-])cc4)nc(NC(c4ccccc4)(c4ccccc4)c4ccccc4)nc32)[C@H](OC(C)=O)[C@@H]1OC(C)=O. The van der Waals surface area contributed by atoms with E-state index in [-0.39, 0.29) is 35.3 Å². The van der Waals surface area contributed by atoms with E-state index in [1.165, 1.54) is 19.1 Å². The van der Waals surface area contributed by atoms with Gasteiger partial charge in [0.1, 0.15) is 23.8 Å². The molecule has 6 aromatic rings. The Kier molecular flexibility index (Phi) is 12.0. The highest BCUT2D eigenvalue weighted by atomic mass is 16.7. The predicted octanol–water partition coefficient (Wildman–Crippen LogP) is 5.38. The van der Waals surface area contributed by atoms with E-state index in [1.807, 2.05) is 91.0 Å². The van der Waals surface area contributed by atoms with Gasteiger partial charge >= 0.3 is 23.6 Å². The molecule has 60 heavy (non-hydrogen) atoms. The summed E-state index contributed by atoms with van der Waals surface area (Å²) >= 11 is 0. The van der Waals surface area contributed by atoms with Gasteiger partial charge in [-0.05, 0) is 22.3 Å². The molecule has 2 N–H and O–H groups in total. The van der Waals surface area contributed by atoms with Gasteiger partial charge in [0.2, 0.25) is 11.8 Å². The van der Waals surface area contributed by atoms with Crippen LogP contribution in [-0.2, 0) is 45.3 Å². The summed E-state index contributed by atoms with van der Waals surface area (Å²) in [5, 5.41) is 14.8. The summed E-state index contributed by atoms with van der Waals surface area (Å²) in [6, 6.07) is 35.0. The van der Waals surface area contributed by atoms with E-state index in [0.29, 0.717) is 6.42 Å². The van der Waals surface area contributed by atoms with Crippen LogP contribution in [0.3, 0.4) is 0 Å². The van der Waals surface area contributed by atoms with Crippen LogP contribution in [0.25, 0.3) is 11.2 Å². The van der Waals surface area contributed by atoms with Gasteiger partial charge in [0.05, 0.1) is 11.5 Å². The molecule has 0 bridgehead atoms. The van der Waals surface area contributed by atoms with Crippen molar-refractivity contribution in [1.82, 2.24) is 19.5 Å². The monoisotopic (exact) mass is 816 g/mol. The molecule has 0 amide bonds. The third-order valence-corrected chi connectivity index (χ3v) is 9.83. The van der Waals surface area contributed by atoms with Gasteiger partial charge in [-0.25, -0.2) is 9.36 Å². The number of nitro groups is 1. The maximum absolute atomic E-state index is 14.1. The van der Waals surface area contributed by atoms with E-state index in [0.717, 1.165) is 40.7 Å². The number of H-pyrrole nitrogens is 1. The molecule has 0 radical (unpaired) electrons. The zero-order valence-electron chi connectivity index (χ0n) is 32.7. The van der Waals surface area contributed by atoms with Crippen molar-refractivity contribution in [3.63, 3.8) is 0 Å². The number of aromatic amines is 1. The van der Waals surface area contributed by atoms with Gasteiger partial charge in [-0.2, -0.15) is 9.97 Å². The summed E-state index contributed by atoms with van der Waals surface area (Å²) in [6.45, 7) is 3.12. The van der Waals surface area contributed by atoms with Gasteiger partial charge in [0.15, 0.2) is 24.1 Å². The third kappa shape index (κ3) is 8.56. The molecule has 0 saturated carbocycles. The molecule has 2 aromatic heterocycles. The minimum Gasteiger partial charge on any atom is -0.476 e. The van der Waals surface area contributed by atoms with E-state index < -0.39 is 65.2 Å². The van der Waals surface area contributed by atoms with Crippen molar-refractivity contribution in [1.29, 1.82) is 0 Å². The lowest BCUT2D eigenvalue weighted by Gasteiger charge is -2.37. The fourth-order valence-electron chi connectivity index (χ4n) is 7.27.